The first kappa shape index (κ1) is 22.9. The normalized spacial score (nSPS) is 25.4. The van der Waals surface area contributed by atoms with Crippen molar-refractivity contribution in [1.29, 1.82) is 0 Å². The number of carbonyl (C=O) groups excluding carboxylic acids is 1. The molecule has 3 aromatic rings. The number of hydrogen-bond donors (Lipinski definition) is 0. The number of fused-ring (bicyclic) bond motifs is 2. The largest absolute Gasteiger partial charge is 0.433 e. The Balaban J connectivity index is 1.21. The van der Waals surface area contributed by atoms with Gasteiger partial charge in [0.1, 0.15) is 17.3 Å². The average molecular weight is 471 g/mol. The van der Waals surface area contributed by atoms with Crippen molar-refractivity contribution in [3.8, 4) is 0 Å². The van der Waals surface area contributed by atoms with E-state index in [4.69, 9.17) is 0 Å². The molecule has 2 saturated carbocycles. The Bertz CT molecular complexity index is 1190. The van der Waals surface area contributed by atoms with E-state index in [-0.39, 0.29) is 29.9 Å². The van der Waals surface area contributed by atoms with Crippen molar-refractivity contribution in [2.75, 3.05) is 0 Å². The molecule has 2 heterocycles. The molecule has 3 unspecified atom stereocenters. The summed E-state index contributed by atoms with van der Waals surface area (Å²) in [6, 6.07) is 9.02. The van der Waals surface area contributed by atoms with Crippen molar-refractivity contribution in [2.45, 2.75) is 51.1 Å². The first-order chi connectivity index (χ1) is 16.2. The van der Waals surface area contributed by atoms with Gasteiger partial charge in [-0.2, -0.15) is 13.2 Å². The highest BCUT2D eigenvalue weighted by Crippen LogP contribution is 2.54. The molecule has 0 spiro atoms. The van der Waals surface area contributed by atoms with E-state index in [1.54, 1.807) is 18.3 Å². The van der Waals surface area contributed by atoms with Crippen molar-refractivity contribution < 1.29 is 22.4 Å². The van der Waals surface area contributed by atoms with Crippen molar-refractivity contribution in [3.05, 3.63) is 71.4 Å². The molecule has 5 atom stereocenters. The van der Waals surface area contributed by atoms with Gasteiger partial charge in [0.25, 0.3) is 0 Å². The molecule has 0 N–H and O–H groups in total. The minimum atomic E-state index is -4.48. The summed E-state index contributed by atoms with van der Waals surface area (Å²) in [5.41, 5.74) is 1.54. The molecular formula is C27H26F4N2O. The summed E-state index contributed by atoms with van der Waals surface area (Å²) in [5, 5.41) is 0.887. The molecule has 0 aliphatic heterocycles. The quantitative estimate of drug-likeness (QED) is 0.387. The van der Waals surface area contributed by atoms with Crippen LogP contribution in [0.15, 0.2) is 48.8 Å². The van der Waals surface area contributed by atoms with Gasteiger partial charge in [0.15, 0.2) is 0 Å². The Kier molecular flexibility index (Phi) is 5.90. The molecule has 0 radical (unpaired) electrons. The van der Waals surface area contributed by atoms with Gasteiger partial charge in [-0.05, 0) is 90.8 Å². The van der Waals surface area contributed by atoms with E-state index in [0.29, 0.717) is 23.3 Å². The van der Waals surface area contributed by atoms with Crippen LogP contribution in [0, 0.1) is 29.5 Å². The van der Waals surface area contributed by atoms with E-state index in [9.17, 15) is 22.4 Å². The molecule has 5 rings (SSSR count). The Morgan fingerprint density at radius 1 is 1.03 bits per heavy atom. The third-order valence-corrected chi connectivity index (χ3v) is 7.94. The van der Waals surface area contributed by atoms with Crippen LogP contribution < -0.4 is 0 Å². The molecule has 2 aliphatic rings. The summed E-state index contributed by atoms with van der Waals surface area (Å²) in [7, 11) is 0. The molecule has 34 heavy (non-hydrogen) atoms. The molecule has 1 aromatic carbocycles. The van der Waals surface area contributed by atoms with Gasteiger partial charge < -0.3 is 0 Å². The van der Waals surface area contributed by atoms with E-state index >= 15 is 0 Å². The number of halogens is 4. The van der Waals surface area contributed by atoms with Crippen LogP contribution in [0.25, 0.3) is 10.9 Å². The van der Waals surface area contributed by atoms with Gasteiger partial charge >= 0.3 is 6.18 Å². The number of carbonyl (C=O) groups is 1. The number of rotatable bonds is 5. The molecular weight excluding hydrogens is 444 g/mol. The van der Waals surface area contributed by atoms with Gasteiger partial charge in [0, 0.05) is 30.1 Å². The molecule has 2 aromatic heterocycles. The third kappa shape index (κ3) is 4.44. The van der Waals surface area contributed by atoms with Crippen molar-refractivity contribution >= 4 is 16.7 Å². The Morgan fingerprint density at radius 3 is 2.41 bits per heavy atom. The second-order valence-electron chi connectivity index (χ2n) is 9.96. The molecule has 2 aliphatic carbocycles. The number of pyridine rings is 2. The third-order valence-electron chi connectivity index (χ3n) is 7.94. The molecule has 3 nitrogen and oxygen atoms in total. The highest BCUT2D eigenvalue weighted by molar-refractivity contribution is 5.83. The number of hydrogen-bond acceptors (Lipinski definition) is 3. The van der Waals surface area contributed by atoms with Crippen molar-refractivity contribution in [1.82, 2.24) is 9.97 Å². The van der Waals surface area contributed by atoms with Crippen LogP contribution in [-0.2, 0) is 17.4 Å². The van der Waals surface area contributed by atoms with Gasteiger partial charge in [0.2, 0.25) is 0 Å². The van der Waals surface area contributed by atoms with E-state index < -0.39 is 11.9 Å². The fourth-order valence-corrected chi connectivity index (χ4v) is 6.14. The van der Waals surface area contributed by atoms with E-state index in [0.717, 1.165) is 54.4 Å². The fourth-order valence-electron chi connectivity index (χ4n) is 6.14. The van der Waals surface area contributed by atoms with Crippen LogP contribution in [0.3, 0.4) is 0 Å². The number of Topliss-reactive ketones (excluding diaryl/α,β-unsaturated/α-hetero) is 1. The molecule has 0 amide bonds. The number of benzene rings is 1. The highest BCUT2D eigenvalue weighted by Gasteiger charge is 2.44. The lowest BCUT2D eigenvalue weighted by Crippen LogP contribution is -2.22. The van der Waals surface area contributed by atoms with Crippen LogP contribution in [-0.4, -0.2) is 15.8 Å². The maximum atomic E-state index is 13.9. The Labute approximate surface area is 195 Å². The van der Waals surface area contributed by atoms with Crippen LogP contribution >= 0.6 is 0 Å². The lowest BCUT2D eigenvalue weighted by molar-refractivity contribution is -0.141. The smallest absolute Gasteiger partial charge is 0.299 e. The van der Waals surface area contributed by atoms with Crippen molar-refractivity contribution in [2.24, 2.45) is 23.7 Å². The maximum Gasteiger partial charge on any atom is 0.433 e. The second-order valence-corrected chi connectivity index (χ2v) is 9.96. The molecule has 7 heteroatoms. The van der Waals surface area contributed by atoms with Gasteiger partial charge in [-0.3, -0.25) is 14.8 Å². The predicted octanol–water partition coefficient (Wildman–Crippen LogP) is 6.76. The Morgan fingerprint density at radius 2 is 1.76 bits per heavy atom. The number of alkyl halides is 3. The predicted molar refractivity (Wildman–Crippen MR) is 120 cm³/mol. The van der Waals surface area contributed by atoms with Gasteiger partial charge in [0.05, 0.1) is 5.52 Å². The lowest BCUT2D eigenvalue weighted by Gasteiger charge is -2.21. The average Bonchev–Trinajstić information content (AvgIpc) is 3.37. The monoisotopic (exact) mass is 470 g/mol. The lowest BCUT2D eigenvalue weighted by atomic mass is 9.83. The SMILES string of the molecule is CC(C(=O)Cc1ccc(C(F)(F)F)nc1)C1C[C@H]2CC(c3ccnc4ccc(F)cc34)C[C@H]2C1. The summed E-state index contributed by atoms with van der Waals surface area (Å²) in [4.78, 5) is 20.7. The minimum absolute atomic E-state index is 0.0543. The maximum absolute atomic E-state index is 13.9. The van der Waals surface area contributed by atoms with Gasteiger partial charge in [-0.1, -0.05) is 13.0 Å². The fraction of sp³-hybridized carbons (Fsp3) is 0.444. The minimum Gasteiger partial charge on any atom is -0.299 e. The zero-order chi connectivity index (χ0) is 24.0. The van der Waals surface area contributed by atoms with E-state index in [1.807, 2.05) is 13.0 Å². The zero-order valence-electron chi connectivity index (χ0n) is 18.9. The summed E-state index contributed by atoms with van der Waals surface area (Å²) in [6.45, 7) is 1.95. The van der Waals surface area contributed by atoms with E-state index in [2.05, 4.69) is 9.97 Å². The number of ketones is 1. The molecule has 0 bridgehead atoms. The van der Waals surface area contributed by atoms with Crippen molar-refractivity contribution in [3.63, 3.8) is 0 Å². The van der Waals surface area contributed by atoms with E-state index in [1.165, 1.54) is 12.1 Å². The first-order valence-corrected chi connectivity index (χ1v) is 11.8. The molecule has 2 fully saturated rings. The highest BCUT2D eigenvalue weighted by atomic mass is 19.4. The number of nitrogens with zero attached hydrogens (tertiary/aromatic N) is 2. The number of aromatic nitrogens is 2. The van der Waals surface area contributed by atoms with Crippen LogP contribution in [0.4, 0.5) is 17.6 Å². The summed E-state index contributed by atoms with van der Waals surface area (Å²) in [5.74, 6) is 1.39. The van der Waals surface area contributed by atoms with Gasteiger partial charge in [-0.25, -0.2) is 4.39 Å². The zero-order valence-corrected chi connectivity index (χ0v) is 18.9. The van der Waals surface area contributed by atoms with Gasteiger partial charge in [-0.15, -0.1) is 0 Å². The Hall–Kier alpha value is -2.83. The first-order valence-electron chi connectivity index (χ1n) is 11.8. The summed E-state index contributed by atoms with van der Waals surface area (Å²) < 4.78 is 52.0. The van der Waals surface area contributed by atoms with Crippen LogP contribution in [0.1, 0.15) is 55.3 Å². The standard InChI is InChI=1S/C27H26F4N2O/c1-15(25(34)8-16-2-5-26(33-14-16)27(29,30)31)17-9-18-11-20(12-19(18)10-17)22-6-7-32-24-4-3-21(28)13-23(22)24/h2-7,13-15,17-20H,8-12H2,1H3/t15?,17?,18-,19+,20?. The van der Waals surface area contributed by atoms with Crippen LogP contribution in [0.5, 0.6) is 0 Å². The second kappa shape index (κ2) is 8.75. The summed E-state index contributed by atoms with van der Waals surface area (Å²) >= 11 is 0. The molecule has 0 saturated heterocycles. The van der Waals surface area contributed by atoms with Crippen LogP contribution in [0.2, 0.25) is 0 Å². The topological polar surface area (TPSA) is 42.9 Å². The summed E-state index contributed by atoms with van der Waals surface area (Å²) in [6.07, 6.45) is 2.60. The molecule has 178 valence electrons.